The highest BCUT2D eigenvalue weighted by Crippen LogP contribution is 2.14. The summed E-state index contributed by atoms with van der Waals surface area (Å²) in [5.74, 6) is -0.927. The van der Waals surface area contributed by atoms with E-state index in [1.807, 2.05) is 0 Å². The number of unbranched alkanes of at least 4 members (excludes halogenated alkanes) is 24. The maximum absolute atomic E-state index is 12.8. The molecule has 0 aromatic heterocycles. The Bertz CT molecular complexity index is 1190. The molecule has 0 radical (unpaired) electrons. The molecule has 0 aromatic carbocycles. The lowest BCUT2D eigenvalue weighted by Gasteiger charge is -2.18. The van der Waals surface area contributed by atoms with Gasteiger partial charge in [-0.25, -0.2) is 0 Å². The Morgan fingerprint density at radius 2 is 0.619 bits per heavy atom. The molecule has 0 spiro atoms. The number of allylic oxidation sites excluding steroid dienone is 12. The highest BCUT2D eigenvalue weighted by Gasteiger charge is 2.19. The average molecular weight is 879 g/mol. The van der Waals surface area contributed by atoms with Crippen molar-refractivity contribution in [3.63, 3.8) is 0 Å². The topological polar surface area (TPSA) is 78.9 Å². The molecule has 0 saturated heterocycles. The Hall–Kier alpha value is -3.15. The van der Waals surface area contributed by atoms with Crippen molar-refractivity contribution in [3.05, 3.63) is 72.9 Å². The smallest absolute Gasteiger partial charge is 0.306 e. The van der Waals surface area contributed by atoms with Crippen LogP contribution < -0.4 is 0 Å². The van der Waals surface area contributed by atoms with Gasteiger partial charge in [0.2, 0.25) is 0 Å². The number of hydrogen-bond donors (Lipinski definition) is 0. The number of rotatable bonds is 47. The van der Waals surface area contributed by atoms with Crippen molar-refractivity contribution in [1.29, 1.82) is 0 Å². The molecule has 0 unspecified atom stereocenters. The molecule has 0 aliphatic heterocycles. The van der Waals surface area contributed by atoms with E-state index in [-0.39, 0.29) is 31.1 Å². The molecule has 0 aliphatic carbocycles. The van der Waals surface area contributed by atoms with Crippen molar-refractivity contribution < 1.29 is 28.6 Å². The lowest BCUT2D eigenvalue weighted by atomic mass is 10.1. The molecule has 362 valence electrons. The third kappa shape index (κ3) is 49.7. The Morgan fingerprint density at radius 3 is 1.02 bits per heavy atom. The van der Waals surface area contributed by atoms with Crippen LogP contribution in [0.1, 0.15) is 252 Å². The summed E-state index contributed by atoms with van der Waals surface area (Å²) >= 11 is 0. The van der Waals surface area contributed by atoms with Gasteiger partial charge in [0.1, 0.15) is 13.2 Å². The van der Waals surface area contributed by atoms with Crippen molar-refractivity contribution in [2.45, 2.75) is 258 Å². The first-order valence-corrected chi connectivity index (χ1v) is 26.4. The maximum Gasteiger partial charge on any atom is 0.306 e. The van der Waals surface area contributed by atoms with Crippen LogP contribution in [0.3, 0.4) is 0 Å². The number of carbonyl (C=O) groups excluding carboxylic acids is 3. The van der Waals surface area contributed by atoms with Gasteiger partial charge < -0.3 is 14.2 Å². The van der Waals surface area contributed by atoms with E-state index in [1.165, 1.54) is 77.0 Å². The maximum atomic E-state index is 12.8. The van der Waals surface area contributed by atoms with Crippen LogP contribution in [0.15, 0.2) is 72.9 Å². The third-order valence-corrected chi connectivity index (χ3v) is 11.2. The highest BCUT2D eigenvalue weighted by atomic mass is 16.6. The standard InChI is InChI=1S/C57H98O6/c1-4-7-10-13-16-19-22-25-28-31-34-37-40-43-46-49-55(58)61-52-54(63-57(60)51-48-45-42-39-36-33-30-27-24-21-18-15-12-9-6-3)53-62-56(59)50-47-44-41-38-35-32-29-26-23-20-17-14-11-8-5-2/h7,10,16-17,19-20,25-30,54H,4-6,8-9,11-15,18,21-24,31-53H2,1-3H3/b10-7-,19-16-,20-17-,28-25-,29-26-,30-27-/t54-/m1/s1. The number of esters is 3. The van der Waals surface area contributed by atoms with Gasteiger partial charge in [0, 0.05) is 19.3 Å². The summed E-state index contributed by atoms with van der Waals surface area (Å²) in [4.78, 5) is 38.0. The lowest BCUT2D eigenvalue weighted by Crippen LogP contribution is -2.30. The monoisotopic (exact) mass is 879 g/mol. The van der Waals surface area contributed by atoms with E-state index in [9.17, 15) is 14.4 Å². The van der Waals surface area contributed by atoms with E-state index < -0.39 is 6.10 Å². The molecule has 0 aromatic rings. The largest absolute Gasteiger partial charge is 0.462 e. The van der Waals surface area contributed by atoms with Gasteiger partial charge in [-0.15, -0.1) is 0 Å². The van der Waals surface area contributed by atoms with E-state index in [4.69, 9.17) is 14.2 Å². The van der Waals surface area contributed by atoms with Gasteiger partial charge in [-0.3, -0.25) is 14.4 Å². The van der Waals surface area contributed by atoms with E-state index >= 15 is 0 Å². The molecule has 0 rings (SSSR count). The highest BCUT2D eigenvalue weighted by molar-refractivity contribution is 5.71. The normalized spacial score (nSPS) is 12.6. The molecule has 6 heteroatoms. The van der Waals surface area contributed by atoms with Gasteiger partial charge >= 0.3 is 17.9 Å². The molecule has 0 aliphatic rings. The first-order chi connectivity index (χ1) is 31.0. The summed E-state index contributed by atoms with van der Waals surface area (Å²) in [6, 6.07) is 0. The first-order valence-electron chi connectivity index (χ1n) is 26.4. The van der Waals surface area contributed by atoms with Crippen LogP contribution in [0.4, 0.5) is 0 Å². The van der Waals surface area contributed by atoms with E-state index in [0.29, 0.717) is 19.3 Å². The minimum atomic E-state index is -0.792. The molecule has 0 amide bonds. The Kier molecular flexibility index (Phi) is 48.9. The summed E-state index contributed by atoms with van der Waals surface area (Å²) < 4.78 is 16.8. The second-order valence-corrected chi connectivity index (χ2v) is 17.4. The summed E-state index contributed by atoms with van der Waals surface area (Å²) in [7, 11) is 0. The predicted molar refractivity (Wildman–Crippen MR) is 270 cm³/mol. The fourth-order valence-electron chi connectivity index (χ4n) is 7.19. The fraction of sp³-hybridized carbons (Fsp3) is 0.737. The first kappa shape index (κ1) is 59.9. The number of ether oxygens (including phenoxy) is 3. The third-order valence-electron chi connectivity index (χ3n) is 11.2. The van der Waals surface area contributed by atoms with Crippen molar-refractivity contribution in [1.82, 2.24) is 0 Å². The van der Waals surface area contributed by atoms with Gasteiger partial charge in [-0.2, -0.15) is 0 Å². The molecule has 0 saturated carbocycles. The van der Waals surface area contributed by atoms with Crippen LogP contribution >= 0.6 is 0 Å². The van der Waals surface area contributed by atoms with Gasteiger partial charge in [-0.1, -0.05) is 196 Å². The molecular formula is C57H98O6. The molecular weight excluding hydrogens is 781 g/mol. The Labute approximate surface area is 389 Å². The lowest BCUT2D eigenvalue weighted by molar-refractivity contribution is -0.167. The average Bonchev–Trinajstić information content (AvgIpc) is 3.28. The second kappa shape index (κ2) is 51.5. The molecule has 6 nitrogen and oxygen atoms in total. The van der Waals surface area contributed by atoms with Crippen molar-refractivity contribution in [2.75, 3.05) is 13.2 Å². The summed E-state index contributed by atoms with van der Waals surface area (Å²) in [6.45, 7) is 6.46. The Morgan fingerprint density at radius 1 is 0.333 bits per heavy atom. The van der Waals surface area contributed by atoms with Gasteiger partial charge in [0.15, 0.2) is 6.10 Å². The zero-order valence-corrected chi connectivity index (χ0v) is 41.3. The van der Waals surface area contributed by atoms with Crippen molar-refractivity contribution >= 4 is 17.9 Å². The van der Waals surface area contributed by atoms with E-state index in [2.05, 4.69) is 93.7 Å². The summed E-state index contributed by atoms with van der Waals surface area (Å²) in [5, 5.41) is 0. The summed E-state index contributed by atoms with van der Waals surface area (Å²) in [5.41, 5.74) is 0. The molecule has 0 fully saturated rings. The molecule has 0 bridgehead atoms. The van der Waals surface area contributed by atoms with Crippen LogP contribution in [0.25, 0.3) is 0 Å². The van der Waals surface area contributed by atoms with Gasteiger partial charge in [0.25, 0.3) is 0 Å². The summed E-state index contributed by atoms with van der Waals surface area (Å²) in [6.07, 6.45) is 64.5. The van der Waals surface area contributed by atoms with Gasteiger partial charge in [-0.05, 0) is 109 Å². The zero-order valence-electron chi connectivity index (χ0n) is 41.3. The fourth-order valence-corrected chi connectivity index (χ4v) is 7.19. The van der Waals surface area contributed by atoms with Crippen LogP contribution in [-0.4, -0.2) is 37.2 Å². The SMILES string of the molecule is CC/C=C\C/C=C\C/C=C\CCCCCCCC(=O)OC[C@H](COC(=O)CCCCCCC/C=C\C/C=C\CCCCC)OC(=O)CCCCCCC/C=C\CCCCCCCC. The minimum Gasteiger partial charge on any atom is -0.462 e. The van der Waals surface area contributed by atoms with Gasteiger partial charge in [0.05, 0.1) is 0 Å². The van der Waals surface area contributed by atoms with E-state index in [0.717, 1.165) is 135 Å². The van der Waals surface area contributed by atoms with Crippen LogP contribution in [-0.2, 0) is 28.6 Å². The molecule has 1 atom stereocenters. The molecule has 0 heterocycles. The Balaban J connectivity index is 4.45. The van der Waals surface area contributed by atoms with Crippen LogP contribution in [0.5, 0.6) is 0 Å². The quantitative estimate of drug-likeness (QED) is 0.0262. The number of hydrogen-bond acceptors (Lipinski definition) is 6. The van der Waals surface area contributed by atoms with Crippen LogP contribution in [0, 0.1) is 0 Å². The number of carbonyl (C=O) groups is 3. The van der Waals surface area contributed by atoms with Crippen molar-refractivity contribution in [2.24, 2.45) is 0 Å². The zero-order chi connectivity index (χ0) is 45.8. The van der Waals surface area contributed by atoms with Crippen molar-refractivity contribution in [3.8, 4) is 0 Å². The molecule has 0 N–H and O–H groups in total. The predicted octanol–water partition coefficient (Wildman–Crippen LogP) is 17.4. The van der Waals surface area contributed by atoms with E-state index in [1.54, 1.807) is 0 Å². The minimum absolute atomic E-state index is 0.0917. The molecule has 63 heavy (non-hydrogen) atoms. The second-order valence-electron chi connectivity index (χ2n) is 17.4. The van der Waals surface area contributed by atoms with Crippen LogP contribution in [0.2, 0.25) is 0 Å².